The average molecular weight is 331 g/mol. The van der Waals surface area contributed by atoms with E-state index in [0.717, 1.165) is 18.6 Å². The summed E-state index contributed by atoms with van der Waals surface area (Å²) in [6.45, 7) is 3.27. The molecule has 0 atom stereocenters. The number of hydrogen-bond donors (Lipinski definition) is 1. The van der Waals surface area contributed by atoms with E-state index in [9.17, 15) is 9.18 Å². The quantitative estimate of drug-likeness (QED) is 0.711. The maximum Gasteiger partial charge on any atom is 0.251 e. The molecule has 0 heterocycles. The highest BCUT2D eigenvalue weighted by Crippen LogP contribution is 2.15. The highest BCUT2D eigenvalue weighted by atomic mass is 19.1. The molecule has 0 radical (unpaired) electrons. The normalized spacial score (nSPS) is 10.2. The van der Waals surface area contributed by atoms with Crippen LogP contribution in [0.2, 0.25) is 0 Å². The lowest BCUT2D eigenvalue weighted by Crippen LogP contribution is -2.28. The van der Waals surface area contributed by atoms with Crippen LogP contribution in [0, 0.1) is 5.82 Å². The summed E-state index contributed by atoms with van der Waals surface area (Å²) in [5.74, 6) is 0.318. The van der Waals surface area contributed by atoms with Gasteiger partial charge in [-0.25, -0.2) is 4.39 Å². The molecule has 1 N–H and O–H groups in total. The van der Waals surface area contributed by atoms with Crippen LogP contribution in [0.15, 0.2) is 48.5 Å². The number of amides is 1. The summed E-state index contributed by atoms with van der Waals surface area (Å²) in [6.07, 6.45) is 2.08. The van der Waals surface area contributed by atoms with Gasteiger partial charge in [0.05, 0.1) is 13.2 Å². The first-order valence-electron chi connectivity index (χ1n) is 8.09. The Morgan fingerprint density at radius 1 is 1.04 bits per heavy atom. The van der Waals surface area contributed by atoms with E-state index < -0.39 is 5.82 Å². The number of rotatable bonds is 9. The van der Waals surface area contributed by atoms with Crippen molar-refractivity contribution in [3.05, 3.63) is 59.9 Å². The van der Waals surface area contributed by atoms with E-state index in [2.05, 4.69) is 12.2 Å². The smallest absolute Gasteiger partial charge is 0.251 e. The van der Waals surface area contributed by atoms with Crippen LogP contribution >= 0.6 is 0 Å². The first-order valence-corrected chi connectivity index (χ1v) is 8.09. The molecule has 0 saturated carbocycles. The first kappa shape index (κ1) is 17.8. The highest BCUT2D eigenvalue weighted by molar-refractivity contribution is 5.94. The minimum atomic E-state index is -0.414. The minimum absolute atomic E-state index is 0.181. The molecule has 0 aliphatic carbocycles. The third-order valence-electron chi connectivity index (χ3n) is 3.36. The molecule has 0 spiro atoms. The summed E-state index contributed by atoms with van der Waals surface area (Å²) in [5.41, 5.74) is 0.545. The van der Waals surface area contributed by atoms with E-state index in [4.69, 9.17) is 9.47 Å². The van der Waals surface area contributed by atoms with Crippen LogP contribution in [0.25, 0.3) is 0 Å². The number of unbranched alkanes of at least 4 members (excludes halogenated alkanes) is 1. The van der Waals surface area contributed by atoms with Crippen molar-refractivity contribution < 1.29 is 18.7 Å². The van der Waals surface area contributed by atoms with Crippen molar-refractivity contribution in [1.29, 1.82) is 0 Å². The Labute approximate surface area is 141 Å². The van der Waals surface area contributed by atoms with Crippen LogP contribution in [0.3, 0.4) is 0 Å². The molecule has 2 rings (SSSR count). The summed E-state index contributed by atoms with van der Waals surface area (Å²) in [4.78, 5) is 12.0. The SMILES string of the molecule is CCCCOc1ccc(C(=O)NCCOc2ccccc2F)cc1. The maximum atomic E-state index is 13.4. The van der Waals surface area contributed by atoms with Crippen LogP contribution in [0.4, 0.5) is 4.39 Å². The molecule has 2 aromatic carbocycles. The number of hydrogen-bond acceptors (Lipinski definition) is 3. The second kappa shape index (κ2) is 9.55. The summed E-state index contributed by atoms with van der Waals surface area (Å²) in [6, 6.07) is 13.2. The van der Waals surface area contributed by atoms with Crippen LogP contribution in [0.5, 0.6) is 11.5 Å². The highest BCUT2D eigenvalue weighted by Gasteiger charge is 2.06. The van der Waals surface area contributed by atoms with E-state index in [1.54, 1.807) is 42.5 Å². The summed E-state index contributed by atoms with van der Waals surface area (Å²) in [7, 11) is 0. The van der Waals surface area contributed by atoms with E-state index >= 15 is 0 Å². The number of benzene rings is 2. The predicted molar refractivity (Wildman–Crippen MR) is 91.1 cm³/mol. The lowest BCUT2D eigenvalue weighted by molar-refractivity contribution is 0.0946. The third kappa shape index (κ3) is 5.57. The van der Waals surface area contributed by atoms with Gasteiger partial charge in [0.25, 0.3) is 5.91 Å². The van der Waals surface area contributed by atoms with Crippen molar-refractivity contribution in [2.75, 3.05) is 19.8 Å². The number of nitrogens with one attached hydrogen (secondary N) is 1. The van der Waals surface area contributed by atoms with Gasteiger partial charge < -0.3 is 14.8 Å². The van der Waals surface area contributed by atoms with Crippen molar-refractivity contribution >= 4 is 5.91 Å². The monoisotopic (exact) mass is 331 g/mol. The molecule has 0 aliphatic heterocycles. The molecular weight excluding hydrogens is 309 g/mol. The molecule has 1 amide bonds. The molecule has 5 heteroatoms. The van der Waals surface area contributed by atoms with E-state index in [0.29, 0.717) is 18.7 Å². The van der Waals surface area contributed by atoms with Crippen LogP contribution in [0.1, 0.15) is 30.1 Å². The van der Waals surface area contributed by atoms with Gasteiger partial charge in [0.1, 0.15) is 12.4 Å². The zero-order chi connectivity index (χ0) is 17.2. The summed E-state index contributed by atoms with van der Waals surface area (Å²) in [5, 5.41) is 2.73. The molecule has 0 fully saturated rings. The second-order valence-corrected chi connectivity index (χ2v) is 5.26. The average Bonchev–Trinajstić information content (AvgIpc) is 2.61. The maximum absolute atomic E-state index is 13.4. The number of halogens is 1. The molecule has 4 nitrogen and oxygen atoms in total. The van der Waals surface area contributed by atoms with Gasteiger partial charge in [0.15, 0.2) is 11.6 Å². The Kier molecular flexibility index (Phi) is 7.08. The van der Waals surface area contributed by atoms with Crippen LogP contribution in [-0.2, 0) is 0 Å². The Morgan fingerprint density at radius 3 is 2.50 bits per heavy atom. The van der Waals surface area contributed by atoms with Gasteiger partial charge in [0.2, 0.25) is 0 Å². The Hall–Kier alpha value is -2.56. The van der Waals surface area contributed by atoms with Crippen molar-refractivity contribution in [2.45, 2.75) is 19.8 Å². The van der Waals surface area contributed by atoms with Crippen LogP contribution in [-0.4, -0.2) is 25.7 Å². The van der Waals surface area contributed by atoms with Gasteiger partial charge in [-0.2, -0.15) is 0 Å². The zero-order valence-electron chi connectivity index (χ0n) is 13.8. The molecule has 0 aromatic heterocycles. The van der Waals surface area contributed by atoms with Crippen molar-refractivity contribution in [3.8, 4) is 11.5 Å². The fraction of sp³-hybridized carbons (Fsp3) is 0.316. The van der Waals surface area contributed by atoms with E-state index in [1.165, 1.54) is 6.07 Å². The lowest BCUT2D eigenvalue weighted by Gasteiger charge is -2.09. The van der Waals surface area contributed by atoms with E-state index in [-0.39, 0.29) is 18.3 Å². The van der Waals surface area contributed by atoms with Crippen molar-refractivity contribution in [2.24, 2.45) is 0 Å². The van der Waals surface area contributed by atoms with Gasteiger partial charge in [-0.3, -0.25) is 4.79 Å². The zero-order valence-corrected chi connectivity index (χ0v) is 13.8. The summed E-state index contributed by atoms with van der Waals surface area (Å²) < 4.78 is 24.2. The first-order chi connectivity index (χ1) is 11.7. The molecule has 24 heavy (non-hydrogen) atoms. The molecule has 0 unspecified atom stereocenters. The molecular formula is C19H22FNO3. The predicted octanol–water partition coefficient (Wildman–Crippen LogP) is 3.81. The van der Waals surface area contributed by atoms with Crippen molar-refractivity contribution in [1.82, 2.24) is 5.32 Å². The molecule has 0 saturated heterocycles. The summed E-state index contributed by atoms with van der Waals surface area (Å²) >= 11 is 0. The van der Waals surface area contributed by atoms with Gasteiger partial charge in [-0.15, -0.1) is 0 Å². The molecule has 0 aliphatic rings. The minimum Gasteiger partial charge on any atom is -0.494 e. The number of para-hydroxylation sites is 1. The fourth-order valence-electron chi connectivity index (χ4n) is 2.03. The Balaban J connectivity index is 1.73. The topological polar surface area (TPSA) is 47.6 Å². The van der Waals surface area contributed by atoms with Crippen molar-refractivity contribution in [3.63, 3.8) is 0 Å². The molecule has 2 aromatic rings. The molecule has 0 bridgehead atoms. The van der Waals surface area contributed by atoms with Gasteiger partial charge >= 0.3 is 0 Å². The second-order valence-electron chi connectivity index (χ2n) is 5.26. The largest absolute Gasteiger partial charge is 0.494 e. The lowest BCUT2D eigenvalue weighted by atomic mass is 10.2. The Bertz CT molecular complexity index is 643. The van der Waals surface area contributed by atoms with Crippen LogP contribution < -0.4 is 14.8 Å². The van der Waals surface area contributed by atoms with E-state index in [1.807, 2.05) is 0 Å². The van der Waals surface area contributed by atoms with Gasteiger partial charge in [-0.1, -0.05) is 25.5 Å². The molecule has 128 valence electrons. The number of carbonyl (C=O) groups is 1. The van der Waals surface area contributed by atoms with Gasteiger partial charge in [-0.05, 0) is 42.8 Å². The number of ether oxygens (including phenoxy) is 2. The standard InChI is InChI=1S/C19H22FNO3/c1-2-3-13-23-16-10-8-15(9-11-16)19(22)21-12-14-24-18-7-5-4-6-17(18)20/h4-11H,2-3,12-14H2,1H3,(H,21,22). The fourth-order valence-corrected chi connectivity index (χ4v) is 2.03. The Morgan fingerprint density at radius 2 is 1.79 bits per heavy atom. The van der Waals surface area contributed by atoms with Gasteiger partial charge in [0, 0.05) is 5.56 Å². The number of carbonyl (C=O) groups excluding carboxylic acids is 1. The third-order valence-corrected chi connectivity index (χ3v) is 3.36.